The Morgan fingerprint density at radius 3 is 2.10 bits per heavy atom. The number of aliphatic hydroxyl groups excluding tert-OH is 1. The van der Waals surface area contributed by atoms with Crippen molar-refractivity contribution >= 4 is 0 Å². The molecule has 0 aliphatic rings. The van der Waals surface area contributed by atoms with Crippen LogP contribution in [0.25, 0.3) is 0 Å². The van der Waals surface area contributed by atoms with Gasteiger partial charge in [-0.2, -0.15) is 0 Å². The van der Waals surface area contributed by atoms with Crippen molar-refractivity contribution in [3.63, 3.8) is 0 Å². The molecule has 0 heterocycles. The number of rotatable bonds is 16. The molecule has 0 rings (SSSR count). The molecule has 0 saturated heterocycles. The number of unbranched alkanes of at least 4 members (excludes halogenated alkanes) is 6. The molecule has 0 amide bonds. The highest BCUT2D eigenvalue weighted by Gasteiger charge is 2.08. The van der Waals surface area contributed by atoms with Crippen LogP contribution >= 0.6 is 0 Å². The van der Waals surface area contributed by atoms with E-state index >= 15 is 0 Å². The fourth-order valence-electron chi connectivity index (χ4n) is 2.34. The zero-order chi connectivity index (χ0) is 14.9. The summed E-state index contributed by atoms with van der Waals surface area (Å²) < 4.78 is 11.1. The van der Waals surface area contributed by atoms with Crippen LogP contribution in [0.5, 0.6) is 0 Å². The van der Waals surface area contributed by atoms with Crippen LogP contribution in [0.4, 0.5) is 0 Å². The molecule has 0 radical (unpaired) electrons. The fourth-order valence-corrected chi connectivity index (χ4v) is 2.34. The lowest BCUT2D eigenvalue weighted by Crippen LogP contribution is -2.17. The molecule has 3 nitrogen and oxygen atoms in total. The fraction of sp³-hybridized carbons (Fsp3) is 1.00. The third kappa shape index (κ3) is 14.3. The van der Waals surface area contributed by atoms with E-state index in [1.807, 2.05) is 0 Å². The molecule has 3 heteroatoms. The highest BCUT2D eigenvalue weighted by molar-refractivity contribution is 4.59. The van der Waals surface area contributed by atoms with Crippen LogP contribution < -0.4 is 0 Å². The van der Waals surface area contributed by atoms with Crippen LogP contribution in [0, 0.1) is 0 Å². The number of hydrogen-bond donors (Lipinski definition) is 1. The van der Waals surface area contributed by atoms with E-state index in [4.69, 9.17) is 14.6 Å². The summed E-state index contributed by atoms with van der Waals surface area (Å²) in [5.74, 6) is 0. The summed E-state index contributed by atoms with van der Waals surface area (Å²) >= 11 is 0. The van der Waals surface area contributed by atoms with Crippen LogP contribution in [0.1, 0.15) is 78.1 Å². The summed E-state index contributed by atoms with van der Waals surface area (Å²) in [6, 6.07) is 0. The molecule has 1 N–H and O–H groups in total. The van der Waals surface area contributed by atoms with Crippen LogP contribution in [-0.2, 0) is 9.47 Å². The minimum atomic E-state index is 0.0943. The summed E-state index contributed by atoms with van der Waals surface area (Å²) in [6.45, 7) is 6.25. The van der Waals surface area contributed by atoms with E-state index in [-0.39, 0.29) is 6.61 Å². The van der Waals surface area contributed by atoms with Crippen molar-refractivity contribution < 1.29 is 14.6 Å². The lowest BCUT2D eigenvalue weighted by atomic mass is 10.0. The second-order valence-electron chi connectivity index (χ2n) is 5.53. The lowest BCUT2D eigenvalue weighted by Gasteiger charge is -2.17. The average molecular weight is 288 g/mol. The number of hydrogen-bond acceptors (Lipinski definition) is 3. The minimum absolute atomic E-state index is 0.0943. The van der Waals surface area contributed by atoms with Gasteiger partial charge in [-0.1, -0.05) is 65.2 Å². The summed E-state index contributed by atoms with van der Waals surface area (Å²) in [7, 11) is 0. The van der Waals surface area contributed by atoms with Gasteiger partial charge >= 0.3 is 0 Å². The molecule has 0 aromatic rings. The zero-order valence-electron chi connectivity index (χ0n) is 13.7. The van der Waals surface area contributed by atoms with Gasteiger partial charge in [0.15, 0.2) is 0 Å². The van der Waals surface area contributed by atoms with Gasteiger partial charge in [-0.25, -0.2) is 0 Å². The minimum Gasteiger partial charge on any atom is -0.394 e. The normalized spacial score (nSPS) is 12.8. The molecule has 0 saturated carbocycles. The molecule has 0 aromatic carbocycles. The average Bonchev–Trinajstić information content (AvgIpc) is 2.47. The first-order valence-corrected chi connectivity index (χ1v) is 8.65. The van der Waals surface area contributed by atoms with E-state index < -0.39 is 0 Å². The quantitative estimate of drug-likeness (QED) is 0.430. The maximum Gasteiger partial charge on any atom is 0.0704 e. The van der Waals surface area contributed by atoms with Crippen molar-refractivity contribution in [2.45, 2.75) is 84.2 Å². The second-order valence-corrected chi connectivity index (χ2v) is 5.53. The summed E-state index contributed by atoms with van der Waals surface area (Å²) in [6.07, 6.45) is 13.3. The van der Waals surface area contributed by atoms with Crippen molar-refractivity contribution in [2.24, 2.45) is 0 Å². The lowest BCUT2D eigenvalue weighted by molar-refractivity contribution is -0.00991. The van der Waals surface area contributed by atoms with E-state index in [0.717, 1.165) is 0 Å². The van der Waals surface area contributed by atoms with Crippen LogP contribution in [0.2, 0.25) is 0 Å². The Labute approximate surface area is 126 Å². The van der Waals surface area contributed by atoms with Crippen molar-refractivity contribution in [2.75, 3.05) is 26.4 Å². The van der Waals surface area contributed by atoms with Crippen molar-refractivity contribution in [3.05, 3.63) is 0 Å². The molecule has 0 fully saturated rings. The van der Waals surface area contributed by atoms with Crippen molar-refractivity contribution in [1.29, 1.82) is 0 Å². The van der Waals surface area contributed by atoms with Crippen molar-refractivity contribution in [3.8, 4) is 0 Å². The molecule has 0 aromatic heterocycles. The van der Waals surface area contributed by atoms with Gasteiger partial charge in [0.2, 0.25) is 0 Å². The molecular formula is C17H36O3. The van der Waals surface area contributed by atoms with E-state index in [0.29, 0.717) is 25.9 Å². The van der Waals surface area contributed by atoms with Gasteiger partial charge in [0.25, 0.3) is 0 Å². The first-order chi connectivity index (χ1) is 9.85. The second kappa shape index (κ2) is 16.9. The van der Waals surface area contributed by atoms with Gasteiger partial charge in [-0.15, -0.1) is 0 Å². The molecule has 0 spiro atoms. The molecule has 0 bridgehead atoms. The number of ether oxygens (including phenoxy) is 2. The molecule has 0 aliphatic carbocycles. The van der Waals surface area contributed by atoms with E-state index in [9.17, 15) is 0 Å². The van der Waals surface area contributed by atoms with Gasteiger partial charge in [0.05, 0.1) is 32.5 Å². The highest BCUT2D eigenvalue weighted by atomic mass is 16.5. The highest BCUT2D eigenvalue weighted by Crippen LogP contribution is 2.14. The van der Waals surface area contributed by atoms with Gasteiger partial charge < -0.3 is 14.6 Å². The third-order valence-electron chi connectivity index (χ3n) is 3.58. The van der Waals surface area contributed by atoms with E-state index in [1.165, 1.54) is 64.2 Å². The predicted molar refractivity (Wildman–Crippen MR) is 85.2 cm³/mol. The summed E-state index contributed by atoms with van der Waals surface area (Å²) in [4.78, 5) is 0. The van der Waals surface area contributed by atoms with Gasteiger partial charge in [0, 0.05) is 0 Å². The molecule has 0 aliphatic heterocycles. The largest absolute Gasteiger partial charge is 0.394 e. The smallest absolute Gasteiger partial charge is 0.0704 e. The summed E-state index contributed by atoms with van der Waals surface area (Å²) in [5.41, 5.74) is 0. The standard InChI is InChI=1S/C17H36O3/c1-3-5-7-8-9-10-12-17(11-6-4-2)20-16-15-19-14-13-18/h17-18H,3-16H2,1-2H3. The van der Waals surface area contributed by atoms with Crippen LogP contribution in [0.15, 0.2) is 0 Å². The molecular weight excluding hydrogens is 252 g/mol. The zero-order valence-corrected chi connectivity index (χ0v) is 13.7. The maximum atomic E-state index is 8.63. The Morgan fingerprint density at radius 2 is 1.40 bits per heavy atom. The molecule has 1 atom stereocenters. The maximum absolute atomic E-state index is 8.63. The Bertz CT molecular complexity index is 174. The molecule has 1 unspecified atom stereocenters. The SMILES string of the molecule is CCCCCCCCC(CCCC)OCCOCCO. The van der Waals surface area contributed by atoms with Crippen LogP contribution in [-0.4, -0.2) is 37.6 Å². The van der Waals surface area contributed by atoms with Crippen LogP contribution in [0.3, 0.4) is 0 Å². The van der Waals surface area contributed by atoms with E-state index in [2.05, 4.69) is 13.8 Å². The third-order valence-corrected chi connectivity index (χ3v) is 3.58. The monoisotopic (exact) mass is 288 g/mol. The number of aliphatic hydroxyl groups is 1. The topological polar surface area (TPSA) is 38.7 Å². The van der Waals surface area contributed by atoms with Gasteiger partial charge in [0.1, 0.15) is 0 Å². The Hall–Kier alpha value is -0.120. The van der Waals surface area contributed by atoms with E-state index in [1.54, 1.807) is 0 Å². The van der Waals surface area contributed by atoms with Crippen molar-refractivity contribution in [1.82, 2.24) is 0 Å². The van der Waals surface area contributed by atoms with Gasteiger partial charge in [-0.3, -0.25) is 0 Å². The van der Waals surface area contributed by atoms with Gasteiger partial charge in [-0.05, 0) is 12.8 Å². The predicted octanol–water partition coefficient (Wildman–Crippen LogP) is 4.32. The summed E-state index contributed by atoms with van der Waals surface area (Å²) in [5, 5.41) is 8.63. The Kier molecular flexibility index (Phi) is 16.8. The molecule has 122 valence electrons. The Morgan fingerprint density at radius 1 is 0.750 bits per heavy atom. The first kappa shape index (κ1) is 19.9. The Balaban J connectivity index is 3.56. The first-order valence-electron chi connectivity index (χ1n) is 8.65. The molecule has 20 heavy (non-hydrogen) atoms.